The van der Waals surface area contributed by atoms with Gasteiger partial charge >= 0.3 is 0 Å². The van der Waals surface area contributed by atoms with Gasteiger partial charge in [0, 0.05) is 16.2 Å². The van der Waals surface area contributed by atoms with Gasteiger partial charge in [0.05, 0.1) is 0 Å². The van der Waals surface area contributed by atoms with Gasteiger partial charge in [-0.1, -0.05) is 151 Å². The minimum Gasteiger partial charge on any atom is -0.0681 e. The number of hydrogen-bond acceptors (Lipinski definition) is 0. The van der Waals surface area contributed by atoms with E-state index in [0.29, 0.717) is 17.8 Å². The first kappa shape index (κ1) is 29.5. The molecule has 0 radical (unpaired) electrons. The van der Waals surface area contributed by atoms with Gasteiger partial charge in [0.15, 0.2) is 0 Å². The highest BCUT2D eigenvalue weighted by Crippen LogP contribution is 2.69. The van der Waals surface area contributed by atoms with Crippen molar-refractivity contribution in [2.75, 3.05) is 0 Å². The van der Waals surface area contributed by atoms with Gasteiger partial charge in [0.25, 0.3) is 0 Å². The second-order valence-electron chi connectivity index (χ2n) is 17.1. The van der Waals surface area contributed by atoms with E-state index in [4.69, 9.17) is 0 Å². The van der Waals surface area contributed by atoms with Crippen molar-refractivity contribution in [1.82, 2.24) is 0 Å². The van der Waals surface area contributed by atoms with Crippen LogP contribution >= 0.6 is 0 Å². The SMILES string of the molecule is CC1=CC2(c3ccc4c(c3-c3ccc5cc(C(C)C)ccc5c32)C(C)(C)C2=C4C(C)(C)c3ccccc32)C(C2CCCCC2)C(C)=C1. The Balaban J connectivity index is 1.40. The van der Waals surface area contributed by atoms with Gasteiger partial charge in [-0.15, -0.1) is 0 Å². The second kappa shape index (κ2) is 9.72. The Morgan fingerprint density at radius 3 is 2.17 bits per heavy atom. The van der Waals surface area contributed by atoms with Crippen molar-refractivity contribution < 1.29 is 0 Å². The minimum atomic E-state index is -0.167. The number of fused-ring (bicyclic) bond motifs is 12. The largest absolute Gasteiger partial charge is 0.0681 e. The molecule has 4 aromatic carbocycles. The molecule has 0 heteroatoms. The van der Waals surface area contributed by atoms with Crippen LogP contribution in [-0.2, 0) is 16.2 Å². The zero-order valence-electron chi connectivity index (χ0n) is 29.8. The smallest absolute Gasteiger partial charge is 0.0473 e. The molecule has 1 saturated carbocycles. The molecule has 5 aliphatic carbocycles. The number of hydrogen-bond donors (Lipinski definition) is 0. The molecule has 1 spiro atoms. The fourth-order valence-electron chi connectivity index (χ4n) is 11.6. The molecule has 9 rings (SSSR count). The van der Waals surface area contributed by atoms with Gasteiger partial charge < -0.3 is 0 Å². The lowest BCUT2D eigenvalue weighted by Crippen LogP contribution is -2.41. The first-order chi connectivity index (χ1) is 22.5. The van der Waals surface area contributed by atoms with Crippen LogP contribution in [0.1, 0.15) is 132 Å². The summed E-state index contributed by atoms with van der Waals surface area (Å²) < 4.78 is 0. The van der Waals surface area contributed by atoms with E-state index in [1.165, 1.54) is 76.3 Å². The van der Waals surface area contributed by atoms with Gasteiger partial charge in [-0.3, -0.25) is 0 Å². The fourth-order valence-corrected chi connectivity index (χ4v) is 11.6. The first-order valence-electron chi connectivity index (χ1n) is 18.5. The van der Waals surface area contributed by atoms with Crippen LogP contribution in [0.15, 0.2) is 90.0 Å². The molecule has 0 bridgehead atoms. The standard InChI is InChI=1S/C47H50/c1-27(2)31-18-20-33-32(25-31)19-21-35-39-38(47(41(33)35)26-28(3)24-29(4)40(47)30-14-10-9-11-15-30)23-22-36-42(39)46(7,8)43-34-16-12-13-17-37(34)45(5,6)44(36)43/h12-13,16-27,30,40H,9-11,14-15H2,1-8H3. The van der Waals surface area contributed by atoms with Crippen molar-refractivity contribution in [2.45, 2.75) is 110 Å². The van der Waals surface area contributed by atoms with Crippen LogP contribution in [0.25, 0.3) is 33.0 Å². The lowest BCUT2D eigenvalue weighted by atomic mass is 9.56. The summed E-state index contributed by atoms with van der Waals surface area (Å²) in [6, 6.07) is 26.8. The maximum atomic E-state index is 2.73. The van der Waals surface area contributed by atoms with Crippen molar-refractivity contribution in [3.63, 3.8) is 0 Å². The molecule has 0 nitrogen and oxygen atoms in total. The molecule has 4 aromatic rings. The number of benzene rings is 4. The summed E-state index contributed by atoms with van der Waals surface area (Å²) in [6.07, 6.45) is 12.1. The predicted molar refractivity (Wildman–Crippen MR) is 201 cm³/mol. The lowest BCUT2D eigenvalue weighted by Gasteiger charge is -2.47. The summed E-state index contributed by atoms with van der Waals surface area (Å²) in [7, 11) is 0. The van der Waals surface area contributed by atoms with Crippen LogP contribution in [0.4, 0.5) is 0 Å². The van der Waals surface area contributed by atoms with E-state index in [-0.39, 0.29) is 16.2 Å². The molecule has 5 aliphatic rings. The first-order valence-corrected chi connectivity index (χ1v) is 18.5. The number of allylic oxidation sites excluding steroid dienone is 6. The van der Waals surface area contributed by atoms with Crippen molar-refractivity contribution in [3.8, 4) is 11.1 Å². The van der Waals surface area contributed by atoms with E-state index >= 15 is 0 Å². The highest BCUT2D eigenvalue weighted by molar-refractivity contribution is 6.12. The molecule has 0 N–H and O–H groups in total. The molecule has 0 aliphatic heterocycles. The van der Waals surface area contributed by atoms with E-state index in [1.54, 1.807) is 39.0 Å². The second-order valence-corrected chi connectivity index (χ2v) is 17.1. The summed E-state index contributed by atoms with van der Waals surface area (Å²) in [5, 5.41) is 2.85. The average Bonchev–Trinajstić information content (AvgIpc) is 3.57. The summed E-state index contributed by atoms with van der Waals surface area (Å²) in [4.78, 5) is 0. The van der Waals surface area contributed by atoms with Crippen LogP contribution in [0.3, 0.4) is 0 Å². The van der Waals surface area contributed by atoms with Gasteiger partial charge in [0.2, 0.25) is 0 Å². The summed E-state index contributed by atoms with van der Waals surface area (Å²) in [5.74, 6) is 1.68. The fraction of sp³-hybridized carbons (Fsp3) is 0.404. The molecule has 2 atom stereocenters. The molecule has 0 aromatic heterocycles. The molecule has 238 valence electrons. The maximum absolute atomic E-state index is 2.73. The lowest BCUT2D eigenvalue weighted by molar-refractivity contribution is 0.227. The van der Waals surface area contributed by atoms with Gasteiger partial charge in [0.1, 0.15) is 0 Å². The molecule has 0 saturated heterocycles. The van der Waals surface area contributed by atoms with Gasteiger partial charge in [-0.05, 0) is 116 Å². The monoisotopic (exact) mass is 614 g/mol. The van der Waals surface area contributed by atoms with Crippen molar-refractivity contribution in [2.24, 2.45) is 11.8 Å². The molecular formula is C47H50. The molecule has 0 heterocycles. The third kappa shape index (κ3) is 3.66. The van der Waals surface area contributed by atoms with Crippen molar-refractivity contribution >= 4 is 21.9 Å². The molecule has 0 amide bonds. The zero-order chi connectivity index (χ0) is 32.6. The summed E-state index contributed by atoms with van der Waals surface area (Å²) in [6.45, 7) is 19.4. The Labute approximate surface area is 282 Å². The minimum absolute atomic E-state index is 0.0241. The third-order valence-electron chi connectivity index (χ3n) is 13.3. The van der Waals surface area contributed by atoms with Gasteiger partial charge in [-0.25, -0.2) is 0 Å². The summed E-state index contributed by atoms with van der Waals surface area (Å²) in [5.41, 5.74) is 19.4. The molecule has 2 unspecified atom stereocenters. The zero-order valence-corrected chi connectivity index (χ0v) is 29.8. The van der Waals surface area contributed by atoms with E-state index in [9.17, 15) is 0 Å². The highest BCUT2D eigenvalue weighted by Gasteiger charge is 2.57. The summed E-state index contributed by atoms with van der Waals surface area (Å²) >= 11 is 0. The van der Waals surface area contributed by atoms with Crippen molar-refractivity contribution in [3.05, 3.63) is 129 Å². The van der Waals surface area contributed by atoms with Crippen LogP contribution in [0, 0.1) is 11.8 Å². The highest BCUT2D eigenvalue weighted by atomic mass is 14.6. The Bertz CT molecular complexity index is 2110. The number of rotatable bonds is 2. The van der Waals surface area contributed by atoms with Crippen LogP contribution in [0.2, 0.25) is 0 Å². The Morgan fingerprint density at radius 1 is 0.681 bits per heavy atom. The van der Waals surface area contributed by atoms with E-state index < -0.39 is 0 Å². The molecular weight excluding hydrogens is 565 g/mol. The Morgan fingerprint density at radius 2 is 1.40 bits per heavy atom. The molecule has 1 fully saturated rings. The van der Waals surface area contributed by atoms with Gasteiger partial charge in [-0.2, -0.15) is 0 Å². The normalized spacial score (nSPS) is 25.1. The van der Waals surface area contributed by atoms with Crippen LogP contribution < -0.4 is 0 Å². The predicted octanol–water partition coefficient (Wildman–Crippen LogP) is 12.8. The van der Waals surface area contributed by atoms with Crippen molar-refractivity contribution in [1.29, 1.82) is 0 Å². The molecule has 47 heavy (non-hydrogen) atoms. The van der Waals surface area contributed by atoms with E-state index in [0.717, 1.165) is 0 Å². The maximum Gasteiger partial charge on any atom is 0.0473 e. The van der Waals surface area contributed by atoms with E-state index in [1.807, 2.05) is 0 Å². The average molecular weight is 615 g/mol. The van der Waals surface area contributed by atoms with Crippen LogP contribution in [-0.4, -0.2) is 0 Å². The topological polar surface area (TPSA) is 0 Å². The Kier molecular flexibility index (Phi) is 6.10. The Hall–Kier alpha value is -3.64. The van der Waals surface area contributed by atoms with E-state index in [2.05, 4.69) is 134 Å². The quantitative estimate of drug-likeness (QED) is 0.211. The van der Waals surface area contributed by atoms with Crippen LogP contribution in [0.5, 0.6) is 0 Å². The third-order valence-corrected chi connectivity index (χ3v) is 13.3.